The van der Waals surface area contributed by atoms with E-state index >= 15 is 0 Å². The largest absolute Gasteiger partial charge is 0.495 e. The fraction of sp³-hybridized carbons (Fsp3) is 0.100. The van der Waals surface area contributed by atoms with Crippen LogP contribution in [-0.2, 0) is 4.79 Å². The Balaban J connectivity index is 1.57. The Hall–Kier alpha value is -3.37. The summed E-state index contributed by atoms with van der Waals surface area (Å²) in [6.45, 7) is 0. The number of thiazole rings is 1. The van der Waals surface area contributed by atoms with E-state index < -0.39 is 11.4 Å². The van der Waals surface area contributed by atoms with Crippen molar-refractivity contribution >= 4 is 44.4 Å². The lowest BCUT2D eigenvalue weighted by Crippen LogP contribution is -2.22. The first-order chi connectivity index (χ1) is 14.5. The molecule has 0 fully saturated rings. The number of carbonyl (C=O) groups is 1. The number of para-hydroxylation sites is 3. The predicted octanol–water partition coefficient (Wildman–Crippen LogP) is 3.29. The summed E-state index contributed by atoms with van der Waals surface area (Å²) in [5.74, 6) is -0.280. The second-order valence-electron chi connectivity index (χ2n) is 6.07. The van der Waals surface area contributed by atoms with E-state index in [2.05, 4.69) is 15.3 Å². The Bertz CT molecular complexity index is 1250. The van der Waals surface area contributed by atoms with Crippen LogP contribution in [0.5, 0.6) is 11.6 Å². The van der Waals surface area contributed by atoms with Gasteiger partial charge in [-0.15, -0.1) is 0 Å². The van der Waals surface area contributed by atoms with E-state index in [1.54, 1.807) is 24.3 Å². The molecule has 2 aromatic carbocycles. The van der Waals surface area contributed by atoms with Gasteiger partial charge >= 0.3 is 0 Å². The van der Waals surface area contributed by atoms with E-state index in [1.807, 2.05) is 24.3 Å². The summed E-state index contributed by atoms with van der Waals surface area (Å²) in [4.78, 5) is 33.4. The molecule has 30 heavy (non-hydrogen) atoms. The number of ether oxygens (including phenoxy) is 1. The molecule has 2 N–H and O–H groups in total. The van der Waals surface area contributed by atoms with Crippen LogP contribution in [-0.4, -0.2) is 38.4 Å². The number of carbonyl (C=O) groups excluding carboxylic acids is 1. The molecule has 0 saturated carbocycles. The molecule has 1 amide bonds. The van der Waals surface area contributed by atoms with Gasteiger partial charge in [0.15, 0.2) is 10.3 Å². The van der Waals surface area contributed by atoms with Gasteiger partial charge in [0.2, 0.25) is 11.8 Å². The lowest BCUT2D eigenvalue weighted by molar-refractivity contribution is -0.113. The van der Waals surface area contributed by atoms with E-state index in [-0.39, 0.29) is 16.8 Å². The third kappa shape index (κ3) is 4.14. The molecule has 8 nitrogen and oxygen atoms in total. The molecule has 0 aliphatic heterocycles. The number of fused-ring (bicyclic) bond motifs is 1. The second kappa shape index (κ2) is 8.56. The summed E-state index contributed by atoms with van der Waals surface area (Å²) in [5.41, 5.74) is 0.790. The number of rotatable bonds is 6. The van der Waals surface area contributed by atoms with Crippen molar-refractivity contribution in [3.05, 3.63) is 65.0 Å². The van der Waals surface area contributed by atoms with Gasteiger partial charge in [-0.2, -0.15) is 4.98 Å². The molecule has 0 atom stereocenters. The molecule has 10 heteroatoms. The molecule has 152 valence electrons. The molecule has 4 rings (SSSR count). The number of methoxy groups -OCH3 is 1. The van der Waals surface area contributed by atoms with Crippen molar-refractivity contribution in [2.24, 2.45) is 0 Å². The first-order valence-electron chi connectivity index (χ1n) is 8.80. The number of amides is 1. The highest BCUT2D eigenvalue weighted by molar-refractivity contribution is 7.99. The Morgan fingerprint density at radius 2 is 1.97 bits per heavy atom. The van der Waals surface area contributed by atoms with Crippen molar-refractivity contribution in [3.8, 4) is 17.3 Å². The van der Waals surface area contributed by atoms with Crippen molar-refractivity contribution in [2.75, 3.05) is 18.2 Å². The van der Waals surface area contributed by atoms with E-state index in [0.29, 0.717) is 16.6 Å². The molecule has 0 spiro atoms. The van der Waals surface area contributed by atoms with Crippen LogP contribution < -0.4 is 15.6 Å². The molecule has 0 radical (unpaired) electrons. The van der Waals surface area contributed by atoms with E-state index in [0.717, 1.165) is 28.0 Å². The Morgan fingerprint density at radius 1 is 1.20 bits per heavy atom. The number of anilines is 1. The SMILES string of the molecule is COc1ccccc1-n1c(SCC(=O)Nc2nc3ccccc3s2)nc(O)cc1=O. The van der Waals surface area contributed by atoms with Gasteiger partial charge in [-0.05, 0) is 24.3 Å². The molecule has 2 aromatic heterocycles. The van der Waals surface area contributed by atoms with Crippen LogP contribution in [0.15, 0.2) is 64.5 Å². The van der Waals surface area contributed by atoms with Crippen LogP contribution in [0.25, 0.3) is 15.9 Å². The zero-order chi connectivity index (χ0) is 21.1. The van der Waals surface area contributed by atoms with Gasteiger partial charge < -0.3 is 15.2 Å². The second-order valence-corrected chi connectivity index (χ2v) is 8.04. The minimum atomic E-state index is -0.485. The molecule has 2 heterocycles. The zero-order valence-corrected chi connectivity index (χ0v) is 17.4. The lowest BCUT2D eigenvalue weighted by Gasteiger charge is -2.14. The lowest BCUT2D eigenvalue weighted by atomic mass is 10.3. The monoisotopic (exact) mass is 440 g/mol. The van der Waals surface area contributed by atoms with Crippen molar-refractivity contribution < 1.29 is 14.6 Å². The van der Waals surface area contributed by atoms with Gasteiger partial charge in [-0.1, -0.05) is 47.4 Å². The van der Waals surface area contributed by atoms with Crippen LogP contribution in [0.3, 0.4) is 0 Å². The molecule has 0 aliphatic rings. The standard InChI is InChI=1S/C20H16N4O4S2/c1-28-14-8-4-3-7-13(14)24-18(27)10-16(25)23-20(24)29-11-17(26)22-19-21-12-6-2-5-9-15(12)30-19/h2-10,25H,11H2,1H3,(H,21,22,26). The van der Waals surface area contributed by atoms with Gasteiger partial charge in [0.05, 0.1) is 34.8 Å². The Morgan fingerprint density at radius 3 is 2.77 bits per heavy atom. The van der Waals surface area contributed by atoms with Crippen molar-refractivity contribution in [2.45, 2.75) is 5.16 Å². The molecular weight excluding hydrogens is 424 g/mol. The molecule has 0 unspecified atom stereocenters. The smallest absolute Gasteiger partial charge is 0.262 e. The number of nitrogens with one attached hydrogen (secondary N) is 1. The van der Waals surface area contributed by atoms with Crippen molar-refractivity contribution in [3.63, 3.8) is 0 Å². The summed E-state index contributed by atoms with van der Waals surface area (Å²) < 4.78 is 7.60. The Labute approximate surface area is 179 Å². The summed E-state index contributed by atoms with van der Waals surface area (Å²) in [6, 6.07) is 15.6. The van der Waals surface area contributed by atoms with Crippen LogP contribution in [0.1, 0.15) is 0 Å². The topological polar surface area (TPSA) is 106 Å². The minimum Gasteiger partial charge on any atom is -0.495 e. The number of hydrogen-bond acceptors (Lipinski definition) is 8. The van der Waals surface area contributed by atoms with Crippen LogP contribution >= 0.6 is 23.1 Å². The molecule has 4 aromatic rings. The Kier molecular flexibility index (Phi) is 5.68. The van der Waals surface area contributed by atoms with E-state index in [1.165, 1.54) is 23.0 Å². The number of aromatic hydroxyl groups is 1. The van der Waals surface area contributed by atoms with Gasteiger partial charge in [0.1, 0.15) is 5.75 Å². The number of aromatic nitrogens is 3. The highest BCUT2D eigenvalue weighted by Crippen LogP contribution is 2.28. The average Bonchev–Trinajstić information content (AvgIpc) is 3.14. The zero-order valence-electron chi connectivity index (χ0n) is 15.7. The number of nitrogens with zero attached hydrogens (tertiary/aromatic N) is 3. The highest BCUT2D eigenvalue weighted by atomic mass is 32.2. The number of thioether (sulfide) groups is 1. The highest BCUT2D eigenvalue weighted by Gasteiger charge is 2.16. The summed E-state index contributed by atoms with van der Waals surface area (Å²) in [6.07, 6.45) is 0. The third-order valence-corrected chi connectivity index (χ3v) is 5.96. The normalized spacial score (nSPS) is 10.8. The molecule has 0 saturated heterocycles. The summed E-state index contributed by atoms with van der Waals surface area (Å²) in [7, 11) is 1.50. The van der Waals surface area contributed by atoms with Crippen LogP contribution in [0, 0.1) is 0 Å². The molecule has 0 bridgehead atoms. The fourth-order valence-corrected chi connectivity index (χ4v) is 4.48. The summed E-state index contributed by atoms with van der Waals surface area (Å²) >= 11 is 2.40. The molecule has 0 aliphatic carbocycles. The average molecular weight is 441 g/mol. The van der Waals surface area contributed by atoms with E-state index in [9.17, 15) is 14.7 Å². The van der Waals surface area contributed by atoms with Gasteiger partial charge in [-0.25, -0.2) is 4.98 Å². The fourth-order valence-electron chi connectivity index (χ4n) is 2.79. The first-order valence-corrected chi connectivity index (χ1v) is 10.6. The predicted molar refractivity (Wildman–Crippen MR) is 117 cm³/mol. The van der Waals surface area contributed by atoms with Gasteiger partial charge in [0, 0.05) is 0 Å². The molecular formula is C20H16N4O4S2. The first kappa shape index (κ1) is 19.9. The van der Waals surface area contributed by atoms with Crippen molar-refractivity contribution in [1.29, 1.82) is 0 Å². The van der Waals surface area contributed by atoms with Gasteiger partial charge in [0.25, 0.3) is 5.56 Å². The van der Waals surface area contributed by atoms with Crippen LogP contribution in [0.2, 0.25) is 0 Å². The minimum absolute atomic E-state index is 0.0268. The third-order valence-electron chi connectivity index (χ3n) is 4.07. The summed E-state index contributed by atoms with van der Waals surface area (Å²) in [5, 5.41) is 13.2. The van der Waals surface area contributed by atoms with Gasteiger partial charge in [-0.3, -0.25) is 14.2 Å². The maximum Gasteiger partial charge on any atom is 0.262 e. The number of hydrogen-bond donors (Lipinski definition) is 2. The maximum absolute atomic E-state index is 12.5. The number of benzene rings is 2. The maximum atomic E-state index is 12.5. The van der Waals surface area contributed by atoms with Crippen molar-refractivity contribution in [1.82, 2.24) is 14.5 Å². The van der Waals surface area contributed by atoms with E-state index in [4.69, 9.17) is 4.74 Å². The van der Waals surface area contributed by atoms with Crippen LogP contribution in [0.4, 0.5) is 5.13 Å². The quantitative estimate of drug-likeness (QED) is 0.350.